The fourth-order valence-electron chi connectivity index (χ4n) is 3.25. The Morgan fingerprint density at radius 2 is 1.91 bits per heavy atom. The van der Waals surface area contributed by atoms with E-state index in [1.54, 1.807) is 26.8 Å². The van der Waals surface area contributed by atoms with E-state index in [2.05, 4.69) is 5.32 Å². The van der Waals surface area contributed by atoms with Gasteiger partial charge in [-0.15, -0.1) is 11.3 Å². The van der Waals surface area contributed by atoms with Crippen LogP contribution in [-0.2, 0) is 20.7 Å². The molecule has 2 atom stereocenters. The minimum Gasteiger partial charge on any atom is -0.480 e. The molecule has 176 valence electrons. The Bertz CT molecular complexity index is 982. The van der Waals surface area contributed by atoms with E-state index < -0.39 is 35.7 Å². The summed E-state index contributed by atoms with van der Waals surface area (Å²) in [6, 6.07) is 3.51. The van der Waals surface area contributed by atoms with Crippen LogP contribution in [0, 0.1) is 5.92 Å². The number of carboxylic acids is 1. The fraction of sp³-hybridized carbons (Fsp3) is 0.522. The number of hydrogen-bond donors (Lipinski definition) is 2. The van der Waals surface area contributed by atoms with Gasteiger partial charge in [-0.2, -0.15) is 0 Å². The second-order valence-corrected chi connectivity index (χ2v) is 10.6. The van der Waals surface area contributed by atoms with Gasteiger partial charge in [-0.25, -0.2) is 9.59 Å². The van der Waals surface area contributed by atoms with Crippen molar-refractivity contribution in [3.05, 3.63) is 34.2 Å². The summed E-state index contributed by atoms with van der Waals surface area (Å²) in [6.07, 6.45) is -0.192. The first-order valence-electron chi connectivity index (χ1n) is 10.4. The lowest BCUT2D eigenvalue weighted by molar-refractivity contribution is -0.143. The van der Waals surface area contributed by atoms with Crippen LogP contribution in [0.1, 0.15) is 46.6 Å². The lowest BCUT2D eigenvalue weighted by Crippen LogP contribution is -2.54. The number of nitrogens with one attached hydrogen (secondary N) is 1. The lowest BCUT2D eigenvalue weighted by Gasteiger charge is -2.31. The van der Waals surface area contributed by atoms with Crippen LogP contribution in [0.15, 0.2) is 23.6 Å². The Balaban J connectivity index is 2.37. The highest BCUT2D eigenvalue weighted by Gasteiger charge is 2.33. The molecule has 2 rings (SSSR count). The molecular weight excluding hydrogens is 452 g/mol. The Morgan fingerprint density at radius 1 is 1.25 bits per heavy atom. The van der Waals surface area contributed by atoms with Crippen molar-refractivity contribution in [1.29, 1.82) is 0 Å². The van der Waals surface area contributed by atoms with E-state index in [-0.39, 0.29) is 18.8 Å². The molecule has 1 heterocycles. The summed E-state index contributed by atoms with van der Waals surface area (Å²) in [5, 5.41) is 15.5. The number of carbonyl (C=O) groups excluding carboxylic acids is 2. The summed E-state index contributed by atoms with van der Waals surface area (Å²) in [4.78, 5) is 38.9. The quantitative estimate of drug-likeness (QED) is 0.555. The Labute approximate surface area is 197 Å². The van der Waals surface area contributed by atoms with Crippen molar-refractivity contribution in [2.24, 2.45) is 5.92 Å². The molecule has 0 radical (unpaired) electrons. The zero-order valence-electron chi connectivity index (χ0n) is 19.3. The van der Waals surface area contributed by atoms with Gasteiger partial charge in [0.15, 0.2) is 0 Å². The van der Waals surface area contributed by atoms with Crippen molar-refractivity contribution in [2.75, 3.05) is 7.05 Å². The summed E-state index contributed by atoms with van der Waals surface area (Å²) in [5.74, 6) is -1.59. The number of carboxylic acid groups (broad SMARTS) is 1. The van der Waals surface area contributed by atoms with Crippen LogP contribution in [-0.4, -0.2) is 52.7 Å². The van der Waals surface area contributed by atoms with Gasteiger partial charge in [0.25, 0.3) is 0 Å². The molecular formula is C23H31ClN2O5S. The van der Waals surface area contributed by atoms with Gasteiger partial charge >= 0.3 is 12.1 Å². The highest BCUT2D eigenvalue weighted by Crippen LogP contribution is 2.30. The van der Waals surface area contributed by atoms with Crippen molar-refractivity contribution in [1.82, 2.24) is 10.2 Å². The maximum absolute atomic E-state index is 13.2. The highest BCUT2D eigenvalue weighted by atomic mass is 35.5. The molecule has 2 unspecified atom stereocenters. The van der Waals surface area contributed by atoms with Crippen molar-refractivity contribution in [3.8, 4) is 0 Å². The predicted molar refractivity (Wildman–Crippen MR) is 127 cm³/mol. The number of halogens is 1. The highest BCUT2D eigenvalue weighted by molar-refractivity contribution is 7.17. The van der Waals surface area contributed by atoms with Gasteiger partial charge in [0.2, 0.25) is 5.91 Å². The Kier molecular flexibility index (Phi) is 8.54. The molecule has 0 fully saturated rings. The first-order chi connectivity index (χ1) is 14.8. The number of nitrogens with zero attached hydrogens (tertiary/aromatic N) is 1. The second-order valence-electron chi connectivity index (χ2n) is 9.24. The third kappa shape index (κ3) is 7.10. The van der Waals surface area contributed by atoms with Crippen LogP contribution in [0.25, 0.3) is 10.1 Å². The molecule has 7 nitrogen and oxygen atoms in total. The minimum atomic E-state index is -1.11. The Morgan fingerprint density at radius 3 is 2.47 bits per heavy atom. The van der Waals surface area contributed by atoms with Crippen LogP contribution in [0.4, 0.5) is 4.79 Å². The number of amides is 2. The number of likely N-dealkylation sites (N-methyl/N-ethyl adjacent to an activating group) is 1. The summed E-state index contributed by atoms with van der Waals surface area (Å²) < 4.78 is 6.45. The average Bonchev–Trinajstić information content (AvgIpc) is 3.04. The van der Waals surface area contributed by atoms with E-state index in [1.165, 1.54) is 23.3 Å². The van der Waals surface area contributed by atoms with Crippen LogP contribution in [0.5, 0.6) is 0 Å². The van der Waals surface area contributed by atoms with Gasteiger partial charge in [-0.1, -0.05) is 25.4 Å². The van der Waals surface area contributed by atoms with Crippen LogP contribution in [0.3, 0.4) is 0 Å². The number of fused-ring (bicyclic) bond motifs is 1. The van der Waals surface area contributed by atoms with Crippen LogP contribution in [0.2, 0.25) is 5.02 Å². The number of carbonyl (C=O) groups is 3. The molecule has 0 saturated carbocycles. The lowest BCUT2D eigenvalue weighted by atomic mass is 10.0. The molecule has 0 aliphatic heterocycles. The smallest absolute Gasteiger partial charge is 0.410 e. The maximum atomic E-state index is 13.2. The van der Waals surface area contributed by atoms with Crippen molar-refractivity contribution in [2.45, 2.75) is 65.1 Å². The van der Waals surface area contributed by atoms with Crippen LogP contribution < -0.4 is 5.32 Å². The molecule has 0 spiro atoms. The van der Waals surface area contributed by atoms with Gasteiger partial charge < -0.3 is 15.2 Å². The van der Waals surface area contributed by atoms with Gasteiger partial charge in [0.05, 0.1) is 0 Å². The average molecular weight is 483 g/mol. The number of hydrogen-bond acceptors (Lipinski definition) is 5. The van der Waals surface area contributed by atoms with E-state index >= 15 is 0 Å². The number of aliphatic carboxylic acids is 1. The molecule has 0 aliphatic rings. The molecule has 9 heteroatoms. The van der Waals surface area contributed by atoms with Crippen LogP contribution >= 0.6 is 22.9 Å². The largest absolute Gasteiger partial charge is 0.480 e. The molecule has 0 aliphatic carbocycles. The van der Waals surface area contributed by atoms with E-state index in [0.29, 0.717) is 5.02 Å². The number of ether oxygens (including phenoxy) is 1. The third-order valence-electron chi connectivity index (χ3n) is 4.80. The zero-order chi connectivity index (χ0) is 24.2. The van der Waals surface area contributed by atoms with E-state index in [4.69, 9.17) is 16.3 Å². The molecule has 32 heavy (non-hydrogen) atoms. The molecule has 2 amide bonds. The van der Waals surface area contributed by atoms with Gasteiger partial charge in [0.1, 0.15) is 17.7 Å². The summed E-state index contributed by atoms with van der Waals surface area (Å²) in [6.45, 7) is 8.99. The molecule has 0 bridgehead atoms. The first kappa shape index (κ1) is 25.9. The molecule has 0 saturated heterocycles. The molecule has 1 aromatic carbocycles. The van der Waals surface area contributed by atoms with Gasteiger partial charge in [-0.05, 0) is 67.6 Å². The van der Waals surface area contributed by atoms with Crippen molar-refractivity contribution in [3.63, 3.8) is 0 Å². The second kappa shape index (κ2) is 10.5. The van der Waals surface area contributed by atoms with Crippen molar-refractivity contribution < 1.29 is 24.2 Å². The number of thiophene rings is 1. The molecule has 2 N–H and O–H groups in total. The zero-order valence-corrected chi connectivity index (χ0v) is 20.8. The standard InChI is InChI=1S/C23H31ClN2O5S/c1-13(2)9-17(21(28)29)25-20(27)18(26(6)22(30)31-23(3,4)5)10-14-12-32-19-8-7-15(24)11-16(14)19/h7-8,11-13,17-18H,9-10H2,1-6H3,(H,25,27)(H,28,29). The van der Waals surface area contributed by atoms with Gasteiger partial charge in [-0.3, -0.25) is 9.69 Å². The minimum absolute atomic E-state index is 0.0707. The number of benzene rings is 1. The Hall–Kier alpha value is -2.32. The number of rotatable bonds is 8. The summed E-state index contributed by atoms with van der Waals surface area (Å²) in [5.41, 5.74) is 0.106. The van der Waals surface area contributed by atoms with E-state index in [1.807, 2.05) is 31.4 Å². The SMILES string of the molecule is CC(C)CC(NC(=O)C(Cc1csc2ccc(Cl)cc12)N(C)C(=O)OC(C)(C)C)C(=O)O. The molecule has 1 aromatic heterocycles. The van der Waals surface area contributed by atoms with E-state index in [0.717, 1.165) is 15.6 Å². The third-order valence-corrected chi connectivity index (χ3v) is 6.05. The summed E-state index contributed by atoms with van der Waals surface area (Å²) in [7, 11) is 1.48. The fourth-order valence-corrected chi connectivity index (χ4v) is 4.38. The van der Waals surface area contributed by atoms with E-state index in [9.17, 15) is 19.5 Å². The topological polar surface area (TPSA) is 95.9 Å². The maximum Gasteiger partial charge on any atom is 0.410 e. The van der Waals surface area contributed by atoms with Gasteiger partial charge in [0, 0.05) is 23.2 Å². The van der Waals surface area contributed by atoms with Crippen molar-refractivity contribution >= 4 is 51.0 Å². The monoisotopic (exact) mass is 482 g/mol. The predicted octanol–water partition coefficient (Wildman–Crippen LogP) is 4.95. The summed E-state index contributed by atoms with van der Waals surface area (Å²) >= 11 is 7.67. The normalized spacial score (nSPS) is 13.6. The first-order valence-corrected chi connectivity index (χ1v) is 11.7. The molecule has 2 aromatic rings.